The molecule has 19 nitrogen and oxygen atoms in total. The lowest BCUT2D eigenvalue weighted by molar-refractivity contribution is -0.0660. The van der Waals surface area contributed by atoms with Crippen molar-refractivity contribution in [2.24, 2.45) is 5.73 Å². The highest BCUT2D eigenvalue weighted by Crippen LogP contribution is 2.60. The highest BCUT2D eigenvalue weighted by Gasteiger charge is 2.48. The smallest absolute Gasteiger partial charge is 0.387 e. The lowest BCUT2D eigenvalue weighted by Gasteiger charge is -2.23. The highest BCUT2D eigenvalue weighted by atomic mass is 32.1. The van der Waals surface area contributed by atoms with E-state index in [1.165, 1.54) is 62.2 Å². The van der Waals surface area contributed by atoms with Crippen LogP contribution in [0.5, 0.6) is 0 Å². The molecule has 0 aromatic carbocycles. The van der Waals surface area contributed by atoms with Crippen molar-refractivity contribution in [1.82, 2.24) is 19.5 Å². The predicted molar refractivity (Wildman–Crippen MR) is 181 cm³/mol. The molecular weight excluding hydrogens is 722 g/mol. The second-order valence-electron chi connectivity index (χ2n) is 12.4. The molecule has 0 saturated carbocycles. The third-order valence-corrected chi connectivity index (χ3v) is 11.5. The topological polar surface area (TPSA) is 286 Å². The summed E-state index contributed by atoms with van der Waals surface area (Å²) < 4.78 is 57.1. The van der Waals surface area contributed by atoms with Gasteiger partial charge < -0.3 is 50.8 Å². The van der Waals surface area contributed by atoms with Gasteiger partial charge in [-0.25, -0.2) is 24.1 Å². The van der Waals surface area contributed by atoms with Crippen molar-refractivity contribution in [1.29, 1.82) is 0 Å². The van der Waals surface area contributed by atoms with Gasteiger partial charge in [-0.2, -0.15) is 4.31 Å². The molecule has 2 saturated heterocycles. The standard InChI is InChI=1S/C28H50N6O13P2S/c1-2-3-4-5-6-7-8-9-10-11-12-19(29)46-24-22(36)18(45-28(24)50)14-43-49(40,41)47-48(38,39)42-13-17-21(35)23(37)27(44-17)34-16-33-20-25(30)31-15-32-26(20)34/h15-19,21-24,27-28,35-37,50H,2-14,29H2,1H3,(H,38,39)(H,40,41)(H2,30,31,32)/t17-,18-,19+,21-,22-,23-,24-,27-,28-/m1/s1. The van der Waals surface area contributed by atoms with Crippen LogP contribution in [-0.4, -0.2) is 106 Å². The quantitative estimate of drug-likeness (QED) is 0.0369. The molecule has 22 heteroatoms. The van der Waals surface area contributed by atoms with E-state index >= 15 is 0 Å². The van der Waals surface area contributed by atoms with Gasteiger partial charge in [0.25, 0.3) is 0 Å². The van der Waals surface area contributed by atoms with E-state index in [1.54, 1.807) is 0 Å². The SMILES string of the molecule is CCCCCCCCCCCC[C@@H](N)O[C@@H]1[C@H](O)[C@@H](COP(=O)(O)OP(=O)(O)OC[C@H]2O[C@@H](n3cnc4c(N)ncnc43)[C@H](O)[C@@H]2O)O[C@@H]1S. The third kappa shape index (κ3) is 11.6. The molecule has 11 atom stereocenters. The Morgan fingerprint density at radius 1 is 0.880 bits per heavy atom. The molecule has 4 rings (SSSR count). The van der Waals surface area contributed by atoms with Crippen LogP contribution in [0.2, 0.25) is 0 Å². The molecule has 2 aliphatic rings. The first-order valence-corrected chi connectivity index (χ1v) is 20.3. The van der Waals surface area contributed by atoms with Gasteiger partial charge in [0.1, 0.15) is 60.1 Å². The van der Waals surface area contributed by atoms with E-state index in [4.69, 9.17) is 34.7 Å². The fraction of sp³-hybridized carbons (Fsp3) is 0.821. The summed E-state index contributed by atoms with van der Waals surface area (Å²) in [6.07, 6.45) is 4.64. The van der Waals surface area contributed by atoms with E-state index in [0.717, 1.165) is 19.3 Å². The zero-order chi connectivity index (χ0) is 36.5. The Kier molecular flexibility index (Phi) is 15.9. The van der Waals surface area contributed by atoms with Gasteiger partial charge in [-0.3, -0.25) is 13.6 Å². The van der Waals surface area contributed by atoms with Crippen LogP contribution in [0.3, 0.4) is 0 Å². The Morgan fingerprint density at radius 3 is 2.08 bits per heavy atom. The summed E-state index contributed by atoms with van der Waals surface area (Å²) in [7, 11) is -10.6. The number of hydrogen-bond acceptors (Lipinski definition) is 17. The molecule has 0 radical (unpaired) electrons. The lowest BCUT2D eigenvalue weighted by Crippen LogP contribution is -2.40. The molecule has 0 aliphatic carbocycles. The fourth-order valence-corrected chi connectivity index (χ4v) is 8.27. The minimum Gasteiger partial charge on any atom is -0.387 e. The number of nitrogen functional groups attached to an aromatic ring is 1. The third-order valence-electron chi connectivity index (χ3n) is 8.50. The molecule has 4 heterocycles. The number of rotatable bonds is 22. The Morgan fingerprint density at radius 2 is 1.46 bits per heavy atom. The molecule has 286 valence electrons. The number of unbranched alkanes of at least 4 members (excludes halogenated alkanes) is 9. The van der Waals surface area contributed by atoms with Crippen LogP contribution in [-0.2, 0) is 36.7 Å². The molecule has 9 N–H and O–H groups in total. The number of fused-ring (bicyclic) bond motifs is 1. The van der Waals surface area contributed by atoms with Crippen LogP contribution < -0.4 is 11.5 Å². The summed E-state index contributed by atoms with van der Waals surface area (Å²) in [6.45, 7) is 0.607. The maximum atomic E-state index is 12.5. The summed E-state index contributed by atoms with van der Waals surface area (Å²) in [5.74, 6) is 0.0716. The molecule has 2 aromatic heterocycles. The van der Waals surface area contributed by atoms with Gasteiger partial charge in [0, 0.05) is 0 Å². The Hall–Kier alpha value is -1.32. The number of nitrogens with two attached hydrogens (primary N) is 2. The number of aromatic nitrogens is 4. The maximum absolute atomic E-state index is 12.5. The molecule has 0 spiro atoms. The zero-order valence-electron chi connectivity index (χ0n) is 27.8. The number of phosphoric ester groups is 2. The van der Waals surface area contributed by atoms with Gasteiger partial charge in [-0.1, -0.05) is 64.7 Å². The Bertz CT molecular complexity index is 1450. The van der Waals surface area contributed by atoms with Gasteiger partial charge >= 0.3 is 15.6 Å². The number of hydrogen-bond donors (Lipinski definition) is 8. The van der Waals surface area contributed by atoms with Crippen molar-refractivity contribution in [2.75, 3.05) is 18.9 Å². The van der Waals surface area contributed by atoms with Crippen LogP contribution in [0.15, 0.2) is 12.7 Å². The number of aliphatic hydroxyl groups is 3. The van der Waals surface area contributed by atoms with Gasteiger partial charge in [0.05, 0.1) is 19.5 Å². The molecule has 2 aliphatic heterocycles. The van der Waals surface area contributed by atoms with Crippen molar-refractivity contribution < 1.29 is 61.8 Å². The minimum absolute atomic E-state index is 0.0716. The van der Waals surface area contributed by atoms with Crippen LogP contribution in [0.1, 0.15) is 83.8 Å². The first-order valence-electron chi connectivity index (χ1n) is 16.8. The van der Waals surface area contributed by atoms with E-state index in [2.05, 4.69) is 38.8 Å². The number of ether oxygens (including phenoxy) is 3. The zero-order valence-corrected chi connectivity index (χ0v) is 30.5. The molecule has 50 heavy (non-hydrogen) atoms. The van der Waals surface area contributed by atoms with E-state index in [-0.39, 0.29) is 17.0 Å². The summed E-state index contributed by atoms with van der Waals surface area (Å²) in [6, 6.07) is 0. The predicted octanol–water partition coefficient (Wildman–Crippen LogP) is 2.27. The van der Waals surface area contributed by atoms with Crippen LogP contribution in [0.4, 0.5) is 5.82 Å². The van der Waals surface area contributed by atoms with Crippen molar-refractivity contribution in [3.8, 4) is 0 Å². The number of anilines is 1. The van der Waals surface area contributed by atoms with Gasteiger partial charge in [0.15, 0.2) is 17.7 Å². The average Bonchev–Trinajstić information content (AvgIpc) is 3.69. The number of nitrogens with zero attached hydrogens (tertiary/aromatic N) is 4. The van der Waals surface area contributed by atoms with Crippen LogP contribution >= 0.6 is 28.3 Å². The first-order chi connectivity index (χ1) is 23.7. The molecule has 2 unspecified atom stereocenters. The second kappa shape index (κ2) is 19.1. The van der Waals surface area contributed by atoms with Crippen LogP contribution in [0.25, 0.3) is 11.2 Å². The van der Waals surface area contributed by atoms with E-state index in [9.17, 15) is 34.2 Å². The number of phosphoric acid groups is 2. The summed E-state index contributed by atoms with van der Waals surface area (Å²) in [5, 5.41) is 31.7. The van der Waals surface area contributed by atoms with Gasteiger partial charge in [-0.05, 0) is 12.8 Å². The van der Waals surface area contributed by atoms with Crippen LogP contribution in [0, 0.1) is 0 Å². The second-order valence-corrected chi connectivity index (χ2v) is 16.0. The molecule has 0 amide bonds. The van der Waals surface area contributed by atoms with Crippen molar-refractivity contribution >= 4 is 45.3 Å². The lowest BCUT2D eigenvalue weighted by atomic mass is 10.1. The molecule has 2 fully saturated rings. The molecule has 2 aromatic rings. The van der Waals surface area contributed by atoms with E-state index < -0.39 is 83.4 Å². The highest BCUT2D eigenvalue weighted by molar-refractivity contribution is 7.80. The van der Waals surface area contributed by atoms with E-state index in [0.29, 0.717) is 6.42 Å². The van der Waals surface area contributed by atoms with Crippen molar-refractivity contribution in [3.05, 3.63) is 12.7 Å². The Balaban J connectivity index is 1.17. The van der Waals surface area contributed by atoms with Gasteiger partial charge in [-0.15, -0.1) is 12.6 Å². The minimum atomic E-state index is -5.31. The number of aliphatic hydroxyl groups excluding tert-OH is 3. The average molecular weight is 773 g/mol. The monoisotopic (exact) mass is 772 g/mol. The first kappa shape index (κ1) is 41.4. The fourth-order valence-electron chi connectivity index (χ4n) is 5.77. The normalized spacial score (nSPS) is 30.1. The number of imidazole rings is 1. The largest absolute Gasteiger partial charge is 0.481 e. The maximum Gasteiger partial charge on any atom is 0.481 e. The van der Waals surface area contributed by atoms with E-state index in [1.807, 2.05) is 0 Å². The summed E-state index contributed by atoms with van der Waals surface area (Å²) in [5.41, 5.74) is 11.4. The number of thiol groups is 1. The van der Waals surface area contributed by atoms with Crippen molar-refractivity contribution in [2.45, 2.75) is 132 Å². The van der Waals surface area contributed by atoms with Gasteiger partial charge in [0.2, 0.25) is 0 Å². The molecule has 0 bridgehead atoms. The summed E-state index contributed by atoms with van der Waals surface area (Å²) in [4.78, 5) is 32.1. The summed E-state index contributed by atoms with van der Waals surface area (Å²) >= 11 is 4.27. The Labute approximate surface area is 295 Å². The molecular formula is C28H50N6O13P2S. The van der Waals surface area contributed by atoms with Crippen molar-refractivity contribution in [3.63, 3.8) is 0 Å².